The van der Waals surface area contributed by atoms with Gasteiger partial charge in [0.2, 0.25) is 5.91 Å². The van der Waals surface area contributed by atoms with Gasteiger partial charge in [0, 0.05) is 19.2 Å². The van der Waals surface area contributed by atoms with Gasteiger partial charge in [0.15, 0.2) is 0 Å². The topological polar surface area (TPSA) is 29.5 Å². The maximum atomic E-state index is 12.9. The van der Waals surface area contributed by atoms with Crippen molar-refractivity contribution >= 4 is 5.91 Å². The van der Waals surface area contributed by atoms with E-state index in [1.165, 1.54) is 18.6 Å². The number of hydrogen-bond acceptors (Lipinski definition) is 2. The Morgan fingerprint density at radius 1 is 1.28 bits per heavy atom. The average Bonchev–Trinajstić information content (AvgIpc) is 2.40. The fraction of sp³-hybridized carbons (Fsp3) is 0.500. The van der Waals surface area contributed by atoms with Gasteiger partial charge in [-0.15, -0.1) is 0 Å². The number of hydrogen-bond donors (Lipinski definition) is 0. The Labute approximate surface area is 107 Å². The van der Waals surface area contributed by atoms with E-state index in [-0.39, 0.29) is 11.7 Å². The van der Waals surface area contributed by atoms with Gasteiger partial charge in [-0.25, -0.2) is 4.39 Å². The highest BCUT2D eigenvalue weighted by Crippen LogP contribution is 2.13. The number of halogens is 1. The molecule has 1 aromatic carbocycles. The van der Waals surface area contributed by atoms with Crippen molar-refractivity contribution in [2.45, 2.75) is 25.7 Å². The van der Waals surface area contributed by atoms with Crippen LogP contribution in [0.4, 0.5) is 4.39 Å². The van der Waals surface area contributed by atoms with E-state index in [4.69, 9.17) is 4.74 Å². The Balaban J connectivity index is 1.73. The second-order valence-electron chi connectivity index (χ2n) is 4.50. The molecule has 0 aromatic heterocycles. The predicted molar refractivity (Wildman–Crippen MR) is 66.9 cm³/mol. The molecule has 2 rings (SSSR count). The fourth-order valence-corrected chi connectivity index (χ4v) is 2.11. The molecular formula is C14H18FNO2. The molecule has 0 radical (unpaired) electrons. The summed E-state index contributed by atoms with van der Waals surface area (Å²) in [6, 6.07) is 5.97. The first-order valence-electron chi connectivity index (χ1n) is 6.42. The van der Waals surface area contributed by atoms with E-state index in [2.05, 4.69) is 0 Å². The highest BCUT2D eigenvalue weighted by atomic mass is 19.1. The van der Waals surface area contributed by atoms with Gasteiger partial charge in [0.25, 0.3) is 0 Å². The van der Waals surface area contributed by atoms with Gasteiger partial charge in [-0.3, -0.25) is 4.79 Å². The third kappa shape index (κ3) is 3.72. The predicted octanol–water partition coefficient (Wildman–Crippen LogP) is 2.61. The van der Waals surface area contributed by atoms with Crippen LogP contribution >= 0.6 is 0 Å². The van der Waals surface area contributed by atoms with E-state index in [1.807, 2.05) is 4.90 Å². The normalized spacial score (nSPS) is 15.5. The van der Waals surface area contributed by atoms with Crippen LogP contribution in [0.1, 0.15) is 25.7 Å². The zero-order chi connectivity index (χ0) is 12.8. The van der Waals surface area contributed by atoms with Crippen molar-refractivity contribution in [3.63, 3.8) is 0 Å². The Bertz CT molecular complexity index is 403. The largest absolute Gasteiger partial charge is 0.493 e. The lowest BCUT2D eigenvalue weighted by atomic mass is 10.1. The monoisotopic (exact) mass is 251 g/mol. The minimum absolute atomic E-state index is 0.131. The first kappa shape index (κ1) is 12.9. The highest BCUT2D eigenvalue weighted by molar-refractivity contribution is 5.76. The van der Waals surface area contributed by atoms with Crippen molar-refractivity contribution in [2.24, 2.45) is 0 Å². The van der Waals surface area contributed by atoms with Gasteiger partial charge >= 0.3 is 0 Å². The SMILES string of the molecule is O=C(CCOc1cccc(F)c1)N1CCCCC1. The fourth-order valence-electron chi connectivity index (χ4n) is 2.11. The van der Waals surface area contributed by atoms with Gasteiger partial charge in [0.05, 0.1) is 13.0 Å². The molecule has 0 aliphatic carbocycles. The van der Waals surface area contributed by atoms with Crippen LogP contribution in [0.2, 0.25) is 0 Å². The molecule has 3 nitrogen and oxygen atoms in total. The van der Waals surface area contributed by atoms with Crippen LogP contribution in [0.5, 0.6) is 5.75 Å². The average molecular weight is 251 g/mol. The minimum Gasteiger partial charge on any atom is -0.493 e. The zero-order valence-electron chi connectivity index (χ0n) is 10.4. The van der Waals surface area contributed by atoms with Gasteiger partial charge in [0.1, 0.15) is 11.6 Å². The zero-order valence-corrected chi connectivity index (χ0v) is 10.4. The minimum atomic E-state index is -0.324. The van der Waals surface area contributed by atoms with Crippen LogP contribution in [0.15, 0.2) is 24.3 Å². The third-order valence-corrected chi connectivity index (χ3v) is 3.09. The van der Waals surface area contributed by atoms with Crippen LogP contribution in [-0.4, -0.2) is 30.5 Å². The Hall–Kier alpha value is -1.58. The van der Waals surface area contributed by atoms with Crippen LogP contribution in [0.3, 0.4) is 0 Å². The molecular weight excluding hydrogens is 233 g/mol. The summed E-state index contributed by atoms with van der Waals surface area (Å²) in [5, 5.41) is 0. The summed E-state index contributed by atoms with van der Waals surface area (Å²) in [6.45, 7) is 2.02. The van der Waals surface area contributed by atoms with Crippen molar-refractivity contribution in [3.8, 4) is 5.75 Å². The Kier molecular flexibility index (Phi) is 4.56. The van der Waals surface area contributed by atoms with Crippen molar-refractivity contribution < 1.29 is 13.9 Å². The van der Waals surface area contributed by atoms with E-state index < -0.39 is 0 Å². The number of piperidine rings is 1. The number of carbonyl (C=O) groups is 1. The maximum absolute atomic E-state index is 12.9. The second kappa shape index (κ2) is 6.38. The summed E-state index contributed by atoms with van der Waals surface area (Å²) in [4.78, 5) is 13.7. The molecule has 18 heavy (non-hydrogen) atoms. The van der Waals surface area contributed by atoms with Crippen LogP contribution in [0, 0.1) is 5.82 Å². The van der Waals surface area contributed by atoms with Gasteiger partial charge in [-0.2, -0.15) is 0 Å². The standard InChI is InChI=1S/C14H18FNO2/c15-12-5-4-6-13(11-12)18-10-7-14(17)16-8-2-1-3-9-16/h4-6,11H,1-3,7-10H2. The summed E-state index contributed by atoms with van der Waals surface area (Å²) in [5.41, 5.74) is 0. The summed E-state index contributed by atoms with van der Waals surface area (Å²) >= 11 is 0. The Morgan fingerprint density at radius 3 is 2.78 bits per heavy atom. The van der Waals surface area contributed by atoms with Crippen molar-refractivity contribution in [2.75, 3.05) is 19.7 Å². The molecule has 1 saturated heterocycles. The molecule has 1 aliphatic heterocycles. The van der Waals surface area contributed by atoms with Gasteiger partial charge in [-0.1, -0.05) is 6.07 Å². The first-order valence-corrected chi connectivity index (χ1v) is 6.42. The van der Waals surface area contributed by atoms with E-state index in [0.29, 0.717) is 18.8 Å². The summed E-state index contributed by atoms with van der Waals surface area (Å²) in [6.07, 6.45) is 3.76. The number of ether oxygens (including phenoxy) is 1. The molecule has 0 N–H and O–H groups in total. The second-order valence-corrected chi connectivity index (χ2v) is 4.50. The highest BCUT2D eigenvalue weighted by Gasteiger charge is 2.15. The van der Waals surface area contributed by atoms with Crippen LogP contribution < -0.4 is 4.74 Å². The van der Waals surface area contributed by atoms with Gasteiger partial charge in [-0.05, 0) is 31.4 Å². The smallest absolute Gasteiger partial charge is 0.225 e. The van der Waals surface area contributed by atoms with E-state index in [0.717, 1.165) is 25.9 Å². The number of nitrogens with zero attached hydrogens (tertiary/aromatic N) is 1. The summed E-state index contributed by atoms with van der Waals surface area (Å²) in [5.74, 6) is 0.280. The first-order chi connectivity index (χ1) is 8.75. The molecule has 98 valence electrons. The number of carbonyl (C=O) groups excluding carboxylic acids is 1. The summed E-state index contributed by atoms with van der Waals surface area (Å²) in [7, 11) is 0. The Morgan fingerprint density at radius 2 is 2.06 bits per heavy atom. The van der Waals surface area contributed by atoms with Crippen molar-refractivity contribution in [1.29, 1.82) is 0 Å². The molecule has 4 heteroatoms. The third-order valence-electron chi connectivity index (χ3n) is 3.09. The van der Waals surface area contributed by atoms with Crippen molar-refractivity contribution in [3.05, 3.63) is 30.1 Å². The maximum Gasteiger partial charge on any atom is 0.225 e. The molecule has 1 aromatic rings. The van der Waals surface area contributed by atoms with Crippen molar-refractivity contribution in [1.82, 2.24) is 4.90 Å². The molecule has 1 aliphatic rings. The number of likely N-dealkylation sites (tertiary alicyclic amines) is 1. The number of rotatable bonds is 4. The molecule has 0 saturated carbocycles. The molecule has 0 spiro atoms. The number of benzene rings is 1. The lowest BCUT2D eigenvalue weighted by Gasteiger charge is -2.26. The molecule has 0 atom stereocenters. The van der Waals surface area contributed by atoms with E-state index in [1.54, 1.807) is 12.1 Å². The quantitative estimate of drug-likeness (QED) is 0.823. The van der Waals surface area contributed by atoms with E-state index in [9.17, 15) is 9.18 Å². The lowest BCUT2D eigenvalue weighted by Crippen LogP contribution is -2.36. The lowest BCUT2D eigenvalue weighted by molar-refractivity contribution is -0.132. The molecule has 0 bridgehead atoms. The molecule has 0 unspecified atom stereocenters. The van der Waals surface area contributed by atoms with Crippen LogP contribution in [0.25, 0.3) is 0 Å². The molecule has 1 fully saturated rings. The van der Waals surface area contributed by atoms with E-state index >= 15 is 0 Å². The number of amides is 1. The van der Waals surface area contributed by atoms with Crippen LogP contribution in [-0.2, 0) is 4.79 Å². The molecule has 1 heterocycles. The molecule has 1 amide bonds. The van der Waals surface area contributed by atoms with Gasteiger partial charge < -0.3 is 9.64 Å². The summed E-state index contributed by atoms with van der Waals surface area (Å²) < 4.78 is 18.2.